The predicted octanol–water partition coefficient (Wildman–Crippen LogP) is 1.60. The summed E-state index contributed by atoms with van der Waals surface area (Å²) in [5.74, 6) is 1.57. The zero-order chi connectivity index (χ0) is 15.1. The van der Waals surface area contributed by atoms with E-state index < -0.39 is 0 Å². The lowest BCUT2D eigenvalue weighted by atomic mass is 10.2. The first-order valence-electron chi connectivity index (χ1n) is 7.05. The third kappa shape index (κ3) is 5.47. The van der Waals surface area contributed by atoms with E-state index in [1.54, 1.807) is 11.3 Å². The van der Waals surface area contributed by atoms with Gasteiger partial charge in [-0.05, 0) is 58.9 Å². The summed E-state index contributed by atoms with van der Waals surface area (Å²) in [4.78, 5) is 1.34. The van der Waals surface area contributed by atoms with Crippen molar-refractivity contribution in [1.82, 2.24) is 5.32 Å². The molecular weight excluding hydrogens is 386 g/mol. The standard InChI is InChI=1S/C16H20BrNO2S.ClH/c1-3-19-15-9-12(8-14(17)16(15)20-4-2)10-18-11-13-6-5-7-21-13;/h5-9,18H,3-4,10-11H2,1-2H3;1H/p-1. The van der Waals surface area contributed by atoms with Gasteiger partial charge in [-0.15, -0.1) is 11.3 Å². The van der Waals surface area contributed by atoms with Crippen LogP contribution in [0.15, 0.2) is 34.1 Å². The topological polar surface area (TPSA) is 30.5 Å². The monoisotopic (exact) mass is 404 g/mol. The molecule has 1 aromatic heterocycles. The minimum absolute atomic E-state index is 0. The zero-order valence-electron chi connectivity index (χ0n) is 12.7. The van der Waals surface area contributed by atoms with Gasteiger partial charge in [-0.25, -0.2) is 0 Å². The van der Waals surface area contributed by atoms with Crippen LogP contribution in [-0.2, 0) is 13.1 Å². The van der Waals surface area contributed by atoms with Crippen molar-refractivity contribution in [1.29, 1.82) is 0 Å². The summed E-state index contributed by atoms with van der Waals surface area (Å²) in [7, 11) is 0. The Bertz CT molecular complexity index is 564. The Morgan fingerprint density at radius 3 is 2.55 bits per heavy atom. The van der Waals surface area contributed by atoms with Crippen molar-refractivity contribution in [2.75, 3.05) is 13.2 Å². The van der Waals surface area contributed by atoms with Crippen LogP contribution >= 0.6 is 27.3 Å². The second-order valence-electron chi connectivity index (χ2n) is 4.45. The van der Waals surface area contributed by atoms with Crippen LogP contribution in [0.1, 0.15) is 24.3 Å². The third-order valence-electron chi connectivity index (χ3n) is 2.87. The first kappa shape index (κ1) is 19.3. The van der Waals surface area contributed by atoms with E-state index in [1.807, 2.05) is 19.9 Å². The summed E-state index contributed by atoms with van der Waals surface area (Å²) in [6, 6.07) is 8.33. The second-order valence-corrected chi connectivity index (χ2v) is 6.34. The highest BCUT2D eigenvalue weighted by Crippen LogP contribution is 2.36. The molecule has 0 unspecified atom stereocenters. The molecule has 1 heterocycles. The lowest BCUT2D eigenvalue weighted by molar-refractivity contribution is -0.00000511. The van der Waals surface area contributed by atoms with Crippen LogP contribution < -0.4 is 27.2 Å². The fourth-order valence-electron chi connectivity index (χ4n) is 2.01. The Morgan fingerprint density at radius 1 is 1.14 bits per heavy atom. The number of rotatable bonds is 8. The largest absolute Gasteiger partial charge is 1.00 e. The molecule has 0 amide bonds. The smallest absolute Gasteiger partial charge is 0.175 e. The number of thiophene rings is 1. The van der Waals surface area contributed by atoms with Crippen molar-refractivity contribution >= 4 is 27.3 Å². The molecule has 0 radical (unpaired) electrons. The molecule has 1 aromatic carbocycles. The van der Waals surface area contributed by atoms with E-state index in [9.17, 15) is 0 Å². The molecule has 0 aliphatic rings. The maximum atomic E-state index is 5.68. The van der Waals surface area contributed by atoms with Crippen molar-refractivity contribution in [2.45, 2.75) is 26.9 Å². The molecule has 0 fully saturated rings. The number of hydrogen-bond acceptors (Lipinski definition) is 4. The molecule has 3 nitrogen and oxygen atoms in total. The van der Waals surface area contributed by atoms with Gasteiger partial charge >= 0.3 is 0 Å². The van der Waals surface area contributed by atoms with Crippen LogP contribution in [0, 0.1) is 0 Å². The van der Waals surface area contributed by atoms with E-state index in [0.717, 1.165) is 29.1 Å². The summed E-state index contributed by atoms with van der Waals surface area (Å²) in [6.45, 7) is 6.87. The molecule has 0 aliphatic carbocycles. The first-order valence-corrected chi connectivity index (χ1v) is 8.73. The summed E-state index contributed by atoms with van der Waals surface area (Å²) >= 11 is 5.33. The molecule has 22 heavy (non-hydrogen) atoms. The van der Waals surface area contributed by atoms with Crippen LogP contribution in [0.25, 0.3) is 0 Å². The number of nitrogens with one attached hydrogen (secondary N) is 1. The minimum Gasteiger partial charge on any atom is -1.00 e. The normalized spacial score (nSPS) is 10.1. The van der Waals surface area contributed by atoms with Crippen molar-refractivity contribution < 1.29 is 21.9 Å². The highest BCUT2D eigenvalue weighted by molar-refractivity contribution is 9.10. The zero-order valence-corrected chi connectivity index (χ0v) is 15.9. The van der Waals surface area contributed by atoms with E-state index >= 15 is 0 Å². The molecule has 0 bridgehead atoms. The summed E-state index contributed by atoms with van der Waals surface area (Å²) in [6.07, 6.45) is 0. The van der Waals surface area contributed by atoms with E-state index in [-0.39, 0.29) is 12.4 Å². The lowest BCUT2D eigenvalue weighted by Gasteiger charge is -2.14. The minimum atomic E-state index is 0. The number of ether oxygens (including phenoxy) is 2. The third-order valence-corrected chi connectivity index (χ3v) is 4.33. The van der Waals surface area contributed by atoms with Crippen LogP contribution in [0.4, 0.5) is 0 Å². The molecule has 0 spiro atoms. The Morgan fingerprint density at radius 2 is 1.91 bits per heavy atom. The fourth-order valence-corrected chi connectivity index (χ4v) is 3.29. The van der Waals surface area contributed by atoms with Gasteiger partial charge in [0.15, 0.2) is 11.5 Å². The lowest BCUT2D eigenvalue weighted by Crippen LogP contribution is -3.00. The van der Waals surface area contributed by atoms with Gasteiger partial charge in [-0.2, -0.15) is 0 Å². The molecular formula is C16H20BrClNO2S-. The van der Waals surface area contributed by atoms with E-state index in [0.29, 0.717) is 13.2 Å². The summed E-state index contributed by atoms with van der Waals surface area (Å²) < 4.78 is 12.3. The number of halogens is 2. The Hall–Kier alpha value is -0.750. The van der Waals surface area contributed by atoms with Gasteiger partial charge in [-0.3, -0.25) is 0 Å². The number of benzene rings is 1. The van der Waals surface area contributed by atoms with E-state index in [2.05, 4.69) is 44.8 Å². The van der Waals surface area contributed by atoms with Crippen LogP contribution in [0.5, 0.6) is 11.5 Å². The molecule has 0 aliphatic heterocycles. The molecule has 1 N–H and O–H groups in total. The van der Waals surface area contributed by atoms with Gasteiger partial charge in [0.2, 0.25) is 0 Å². The van der Waals surface area contributed by atoms with Gasteiger partial charge in [0.25, 0.3) is 0 Å². The average molecular weight is 406 g/mol. The van der Waals surface area contributed by atoms with Crippen molar-refractivity contribution in [3.8, 4) is 11.5 Å². The van der Waals surface area contributed by atoms with E-state index in [1.165, 1.54) is 10.4 Å². The highest BCUT2D eigenvalue weighted by atomic mass is 79.9. The van der Waals surface area contributed by atoms with Gasteiger partial charge < -0.3 is 27.2 Å². The van der Waals surface area contributed by atoms with Crippen molar-refractivity contribution in [3.05, 3.63) is 44.6 Å². The van der Waals surface area contributed by atoms with Crippen LogP contribution in [0.2, 0.25) is 0 Å². The maximum Gasteiger partial charge on any atom is 0.175 e. The first-order chi connectivity index (χ1) is 10.2. The molecule has 0 saturated carbocycles. The fraction of sp³-hybridized carbons (Fsp3) is 0.375. The van der Waals surface area contributed by atoms with Gasteiger partial charge in [0, 0.05) is 18.0 Å². The molecule has 0 atom stereocenters. The average Bonchev–Trinajstić information content (AvgIpc) is 2.96. The maximum absolute atomic E-state index is 5.68. The summed E-state index contributed by atoms with van der Waals surface area (Å²) in [5, 5.41) is 5.54. The van der Waals surface area contributed by atoms with Gasteiger partial charge in [-0.1, -0.05) is 6.07 Å². The highest BCUT2D eigenvalue weighted by Gasteiger charge is 2.11. The molecule has 6 heteroatoms. The Kier molecular flexibility index (Phi) is 8.86. The Balaban J connectivity index is 0.00000242. The summed E-state index contributed by atoms with van der Waals surface area (Å²) in [5.41, 5.74) is 1.17. The second kappa shape index (κ2) is 10.1. The van der Waals surface area contributed by atoms with Crippen molar-refractivity contribution in [3.63, 3.8) is 0 Å². The van der Waals surface area contributed by atoms with Crippen LogP contribution in [0.3, 0.4) is 0 Å². The van der Waals surface area contributed by atoms with E-state index in [4.69, 9.17) is 9.47 Å². The predicted molar refractivity (Wildman–Crippen MR) is 91.3 cm³/mol. The number of hydrogen-bond donors (Lipinski definition) is 1. The molecule has 2 aromatic rings. The van der Waals surface area contributed by atoms with Crippen LogP contribution in [-0.4, -0.2) is 13.2 Å². The quantitative estimate of drug-likeness (QED) is 0.724. The molecule has 0 saturated heterocycles. The SMILES string of the molecule is CCOc1cc(CNCc2cccs2)cc(Br)c1OCC.[Cl-]. The van der Waals surface area contributed by atoms with Gasteiger partial charge in [0.1, 0.15) is 0 Å². The van der Waals surface area contributed by atoms with Gasteiger partial charge in [0.05, 0.1) is 17.7 Å². The van der Waals surface area contributed by atoms with Crippen molar-refractivity contribution in [2.24, 2.45) is 0 Å². The Labute approximate surface area is 150 Å². The molecule has 122 valence electrons. The molecule has 2 rings (SSSR count).